The Morgan fingerprint density at radius 2 is 1.65 bits per heavy atom. The van der Waals surface area contributed by atoms with Crippen LogP contribution in [0.2, 0.25) is 0 Å². The van der Waals surface area contributed by atoms with E-state index in [4.69, 9.17) is 0 Å². The molecule has 0 N–H and O–H groups in total. The molecule has 2 heteroatoms. The Bertz CT molecular complexity index is 517. The summed E-state index contributed by atoms with van der Waals surface area (Å²) in [4.78, 5) is 12.5. The van der Waals surface area contributed by atoms with Crippen molar-refractivity contribution in [3.8, 4) is 0 Å². The summed E-state index contributed by atoms with van der Waals surface area (Å²) < 4.78 is 0. The molecular weight excluding hydrogens is 276 g/mol. The van der Waals surface area contributed by atoms with Crippen molar-refractivity contribution in [1.82, 2.24) is 0 Å². The quantitative estimate of drug-likeness (QED) is 0.605. The summed E-state index contributed by atoms with van der Waals surface area (Å²) in [6, 6.07) is 17.1. The third-order valence-corrected chi connectivity index (χ3v) is 3.17. The van der Waals surface area contributed by atoms with Crippen LogP contribution < -0.4 is 0 Å². The average molecular weight is 289 g/mol. The molecule has 2 aromatic carbocycles. The average Bonchev–Trinajstić information content (AvgIpc) is 2.39. The van der Waals surface area contributed by atoms with E-state index in [2.05, 4.69) is 15.9 Å². The second-order valence-electron chi connectivity index (χ2n) is 3.94. The maximum absolute atomic E-state index is 12.2. The van der Waals surface area contributed by atoms with Crippen LogP contribution in [0.5, 0.6) is 0 Å². The van der Waals surface area contributed by atoms with Crippen molar-refractivity contribution in [3.63, 3.8) is 0 Å². The Labute approximate surface area is 110 Å². The number of benzene rings is 2. The highest BCUT2D eigenvalue weighted by atomic mass is 79.9. The molecule has 0 bridgehead atoms. The summed E-state index contributed by atoms with van der Waals surface area (Å²) in [5.41, 5.74) is 2.58. The van der Waals surface area contributed by atoms with E-state index in [1.807, 2.05) is 61.5 Å². The SMILES string of the molecule is CC(Br)c1cccc(C(=O)c2ccccc2)c1. The van der Waals surface area contributed by atoms with Crippen molar-refractivity contribution in [2.75, 3.05) is 0 Å². The molecule has 0 fully saturated rings. The minimum Gasteiger partial charge on any atom is -0.289 e. The van der Waals surface area contributed by atoms with E-state index in [0.717, 1.165) is 16.7 Å². The third kappa shape index (κ3) is 2.83. The van der Waals surface area contributed by atoms with Gasteiger partial charge in [-0.15, -0.1) is 0 Å². The van der Waals surface area contributed by atoms with E-state index in [0.29, 0.717) is 0 Å². The van der Waals surface area contributed by atoms with Crippen molar-refractivity contribution < 1.29 is 4.79 Å². The fourth-order valence-corrected chi connectivity index (χ4v) is 1.97. The standard InChI is InChI=1S/C15H13BrO/c1-11(16)13-8-5-9-14(10-13)15(17)12-6-3-2-4-7-12/h2-11H,1H3. The Hall–Kier alpha value is -1.41. The maximum atomic E-state index is 12.2. The van der Waals surface area contributed by atoms with E-state index in [9.17, 15) is 4.79 Å². The lowest BCUT2D eigenvalue weighted by Crippen LogP contribution is -2.01. The van der Waals surface area contributed by atoms with Crippen LogP contribution in [0.25, 0.3) is 0 Å². The van der Waals surface area contributed by atoms with Crippen LogP contribution in [0.3, 0.4) is 0 Å². The number of halogens is 1. The Morgan fingerprint density at radius 3 is 2.29 bits per heavy atom. The van der Waals surface area contributed by atoms with Gasteiger partial charge in [0.05, 0.1) is 0 Å². The van der Waals surface area contributed by atoms with Gasteiger partial charge in [-0.25, -0.2) is 0 Å². The van der Waals surface area contributed by atoms with Gasteiger partial charge in [-0.05, 0) is 18.6 Å². The molecule has 0 heterocycles. The lowest BCUT2D eigenvalue weighted by Gasteiger charge is -2.06. The second kappa shape index (κ2) is 5.28. The zero-order valence-electron chi connectivity index (χ0n) is 9.56. The van der Waals surface area contributed by atoms with Crippen LogP contribution in [0.4, 0.5) is 0 Å². The van der Waals surface area contributed by atoms with E-state index in [-0.39, 0.29) is 10.6 Å². The van der Waals surface area contributed by atoms with Gasteiger partial charge in [0.25, 0.3) is 0 Å². The van der Waals surface area contributed by atoms with Crippen molar-refractivity contribution in [2.45, 2.75) is 11.8 Å². The first-order chi connectivity index (χ1) is 8.18. The summed E-state index contributed by atoms with van der Waals surface area (Å²) in [6.07, 6.45) is 0. The largest absolute Gasteiger partial charge is 0.289 e. The maximum Gasteiger partial charge on any atom is 0.193 e. The lowest BCUT2D eigenvalue weighted by molar-refractivity contribution is 0.103. The number of hydrogen-bond donors (Lipinski definition) is 0. The minimum absolute atomic E-state index is 0.0700. The molecule has 17 heavy (non-hydrogen) atoms. The Morgan fingerprint density at radius 1 is 1.00 bits per heavy atom. The highest BCUT2D eigenvalue weighted by Gasteiger charge is 2.10. The predicted octanol–water partition coefficient (Wildman–Crippen LogP) is 4.37. The van der Waals surface area contributed by atoms with E-state index in [1.54, 1.807) is 0 Å². The van der Waals surface area contributed by atoms with Gasteiger partial charge in [0.1, 0.15) is 0 Å². The van der Waals surface area contributed by atoms with Gasteiger partial charge in [0.2, 0.25) is 0 Å². The van der Waals surface area contributed by atoms with Crippen LogP contribution in [0, 0.1) is 0 Å². The first-order valence-electron chi connectivity index (χ1n) is 5.52. The fourth-order valence-electron chi connectivity index (χ4n) is 1.68. The van der Waals surface area contributed by atoms with Gasteiger partial charge in [0.15, 0.2) is 5.78 Å². The second-order valence-corrected chi connectivity index (χ2v) is 5.31. The number of carbonyl (C=O) groups excluding carboxylic acids is 1. The minimum atomic E-state index is 0.0700. The summed E-state index contributed by atoms with van der Waals surface area (Å²) in [5.74, 6) is 0.0700. The molecule has 86 valence electrons. The van der Waals surface area contributed by atoms with Crippen LogP contribution in [-0.4, -0.2) is 5.78 Å². The molecule has 1 unspecified atom stereocenters. The number of ketones is 1. The fraction of sp³-hybridized carbons (Fsp3) is 0.133. The number of hydrogen-bond acceptors (Lipinski definition) is 1. The molecule has 2 rings (SSSR count). The van der Waals surface area contributed by atoms with E-state index >= 15 is 0 Å². The highest BCUT2D eigenvalue weighted by molar-refractivity contribution is 9.09. The molecule has 0 aliphatic carbocycles. The number of alkyl halides is 1. The molecule has 0 aromatic heterocycles. The van der Waals surface area contributed by atoms with Gasteiger partial charge >= 0.3 is 0 Å². The van der Waals surface area contributed by atoms with Crippen molar-refractivity contribution in [1.29, 1.82) is 0 Å². The normalized spacial score (nSPS) is 12.1. The lowest BCUT2D eigenvalue weighted by atomic mass is 10.0. The first-order valence-corrected chi connectivity index (χ1v) is 6.44. The van der Waals surface area contributed by atoms with E-state index < -0.39 is 0 Å². The van der Waals surface area contributed by atoms with Gasteiger partial charge in [-0.3, -0.25) is 4.79 Å². The molecule has 0 aliphatic heterocycles. The molecule has 0 saturated heterocycles. The predicted molar refractivity (Wildman–Crippen MR) is 73.7 cm³/mol. The van der Waals surface area contributed by atoms with Gasteiger partial charge < -0.3 is 0 Å². The summed E-state index contributed by atoms with van der Waals surface area (Å²) in [5, 5.41) is 0. The smallest absolute Gasteiger partial charge is 0.193 e. The monoisotopic (exact) mass is 288 g/mol. The van der Waals surface area contributed by atoms with Gasteiger partial charge in [0, 0.05) is 16.0 Å². The zero-order chi connectivity index (χ0) is 12.3. The Balaban J connectivity index is 2.35. The summed E-state index contributed by atoms with van der Waals surface area (Å²) >= 11 is 3.51. The molecule has 2 aromatic rings. The summed E-state index contributed by atoms with van der Waals surface area (Å²) in [7, 11) is 0. The van der Waals surface area contributed by atoms with Crippen LogP contribution in [0.15, 0.2) is 54.6 Å². The molecule has 0 aliphatic rings. The topological polar surface area (TPSA) is 17.1 Å². The Kier molecular flexibility index (Phi) is 3.75. The van der Waals surface area contributed by atoms with E-state index in [1.165, 1.54) is 0 Å². The van der Waals surface area contributed by atoms with Crippen LogP contribution >= 0.6 is 15.9 Å². The molecule has 0 amide bonds. The van der Waals surface area contributed by atoms with Crippen molar-refractivity contribution in [3.05, 3.63) is 71.3 Å². The van der Waals surface area contributed by atoms with Crippen LogP contribution in [0.1, 0.15) is 33.2 Å². The van der Waals surface area contributed by atoms with Crippen molar-refractivity contribution in [2.24, 2.45) is 0 Å². The zero-order valence-corrected chi connectivity index (χ0v) is 11.1. The summed E-state index contributed by atoms with van der Waals surface area (Å²) in [6.45, 7) is 2.05. The highest BCUT2D eigenvalue weighted by Crippen LogP contribution is 2.23. The van der Waals surface area contributed by atoms with Gasteiger partial charge in [-0.2, -0.15) is 0 Å². The molecule has 1 nitrogen and oxygen atoms in total. The molecule has 1 atom stereocenters. The number of carbonyl (C=O) groups is 1. The molecule has 0 saturated carbocycles. The van der Waals surface area contributed by atoms with Crippen LogP contribution in [-0.2, 0) is 0 Å². The molecular formula is C15H13BrO. The van der Waals surface area contributed by atoms with Gasteiger partial charge in [-0.1, -0.05) is 64.5 Å². The molecule has 0 radical (unpaired) electrons. The van der Waals surface area contributed by atoms with Crippen molar-refractivity contribution >= 4 is 21.7 Å². The third-order valence-electron chi connectivity index (χ3n) is 2.64. The molecule has 0 spiro atoms. The number of rotatable bonds is 3. The first kappa shape index (κ1) is 12.1.